The summed E-state index contributed by atoms with van der Waals surface area (Å²) in [6, 6.07) is 0. The maximum atomic E-state index is 9.91. The molecule has 11 heavy (non-hydrogen) atoms. The Balaban J connectivity index is 0. The molecule has 3 nitrogen and oxygen atoms in total. The largest absolute Gasteiger partial charge is 0.769 e. The van der Waals surface area contributed by atoms with Gasteiger partial charge in [0.15, 0.2) is 5.12 Å². The minimum absolute atomic E-state index is 0.0162. The van der Waals surface area contributed by atoms with Crippen molar-refractivity contribution in [2.45, 2.75) is 19.8 Å². The normalized spacial score (nSPS) is 10.8. The summed E-state index contributed by atoms with van der Waals surface area (Å²) in [6.45, 7) is 4.90. The van der Waals surface area contributed by atoms with E-state index in [1.165, 1.54) is 0 Å². The van der Waals surface area contributed by atoms with Crippen LogP contribution >= 0.6 is 12.6 Å². The average Bonchev–Trinajstić information content (AvgIpc) is 1.89. The number of hydrogen-bond donors (Lipinski definition) is 1. The van der Waals surface area contributed by atoms with E-state index in [1.807, 2.05) is 6.92 Å². The first kappa shape index (κ1) is 13.5. The summed E-state index contributed by atoms with van der Waals surface area (Å²) < 4.78 is 18.5. The van der Waals surface area contributed by atoms with Gasteiger partial charge >= 0.3 is 0 Å². The fourth-order valence-corrected chi connectivity index (χ4v) is 0.437. The molecule has 66 valence electrons. The van der Waals surface area contributed by atoms with Crippen molar-refractivity contribution in [3.05, 3.63) is 12.0 Å². The molecule has 0 heterocycles. The van der Waals surface area contributed by atoms with Crippen molar-refractivity contribution in [1.82, 2.24) is 0 Å². The number of thiol groups is 1. The Morgan fingerprint density at radius 1 is 1.82 bits per heavy atom. The van der Waals surface area contributed by atoms with Gasteiger partial charge in [0.25, 0.3) is 0 Å². The molecular weight excluding hydrogens is 184 g/mol. The van der Waals surface area contributed by atoms with Crippen LogP contribution in [0.3, 0.4) is 0 Å². The molecule has 0 aliphatic rings. The summed E-state index contributed by atoms with van der Waals surface area (Å²) in [4.78, 5) is 9.91. The molecule has 1 atom stereocenters. The summed E-state index contributed by atoms with van der Waals surface area (Å²) >= 11 is 1.48. The van der Waals surface area contributed by atoms with Crippen LogP contribution in [0, 0.1) is 0 Å². The first-order chi connectivity index (χ1) is 5.04. The molecule has 0 aromatic carbocycles. The highest BCUT2D eigenvalue weighted by atomic mass is 32.2. The lowest BCUT2D eigenvalue weighted by atomic mass is 10.4. The van der Waals surface area contributed by atoms with Crippen molar-refractivity contribution < 1.29 is 13.6 Å². The van der Waals surface area contributed by atoms with Gasteiger partial charge in [0.05, 0.1) is 0 Å². The molecule has 1 unspecified atom stereocenters. The lowest BCUT2D eigenvalue weighted by Crippen LogP contribution is -1.80. The molecule has 0 aliphatic heterocycles. The van der Waals surface area contributed by atoms with Gasteiger partial charge < -0.3 is 4.55 Å². The number of carbonyl (C=O) groups excluding carboxylic acids is 1. The molecule has 0 N–H and O–H groups in total. The molecule has 0 amide bonds. The second-order valence-electron chi connectivity index (χ2n) is 1.57. The SMILES string of the molecule is C=CS(=O)[O-].CCCC(=O)S. The van der Waals surface area contributed by atoms with Gasteiger partial charge in [0.2, 0.25) is 0 Å². The molecule has 0 spiro atoms. The number of carbonyl (C=O) groups is 1. The van der Waals surface area contributed by atoms with Gasteiger partial charge in [-0.3, -0.25) is 9.00 Å². The van der Waals surface area contributed by atoms with E-state index in [2.05, 4.69) is 19.2 Å². The highest BCUT2D eigenvalue weighted by Crippen LogP contribution is 1.89. The molecule has 0 saturated heterocycles. The summed E-state index contributed by atoms with van der Waals surface area (Å²) in [6.07, 6.45) is 1.51. The zero-order valence-corrected chi connectivity index (χ0v) is 7.99. The van der Waals surface area contributed by atoms with E-state index in [1.54, 1.807) is 0 Å². The summed E-state index contributed by atoms with van der Waals surface area (Å²) in [5.41, 5.74) is 0. The van der Waals surface area contributed by atoms with Crippen molar-refractivity contribution in [2.75, 3.05) is 0 Å². The lowest BCUT2D eigenvalue weighted by molar-refractivity contribution is -0.110. The third-order valence-corrected chi connectivity index (χ3v) is 1.10. The summed E-state index contributed by atoms with van der Waals surface area (Å²) in [5.74, 6) is 0. The predicted molar refractivity (Wildman–Crippen MR) is 48.0 cm³/mol. The van der Waals surface area contributed by atoms with Gasteiger partial charge in [-0.25, -0.2) is 0 Å². The van der Waals surface area contributed by atoms with Gasteiger partial charge in [0.1, 0.15) is 0 Å². The van der Waals surface area contributed by atoms with Crippen molar-refractivity contribution in [3.8, 4) is 0 Å². The van der Waals surface area contributed by atoms with Gasteiger partial charge in [-0.1, -0.05) is 13.5 Å². The smallest absolute Gasteiger partial charge is 0.185 e. The Hall–Kier alpha value is -0.130. The second kappa shape index (κ2) is 9.87. The van der Waals surface area contributed by atoms with Crippen LogP contribution in [0.5, 0.6) is 0 Å². The minimum atomic E-state index is -2.06. The fourth-order valence-electron chi connectivity index (χ4n) is 0.214. The molecular formula is C6H11O3S2-. The number of hydrogen-bond acceptors (Lipinski definition) is 3. The quantitative estimate of drug-likeness (QED) is 0.544. The fraction of sp³-hybridized carbons (Fsp3) is 0.500. The Morgan fingerprint density at radius 2 is 2.18 bits per heavy atom. The molecule has 0 fully saturated rings. The first-order valence-corrected chi connectivity index (χ1v) is 4.55. The van der Waals surface area contributed by atoms with Gasteiger partial charge in [-0.2, -0.15) is 0 Å². The maximum Gasteiger partial charge on any atom is 0.185 e. The van der Waals surface area contributed by atoms with Crippen molar-refractivity contribution in [3.63, 3.8) is 0 Å². The van der Waals surface area contributed by atoms with Crippen LogP contribution in [0.15, 0.2) is 12.0 Å². The molecule has 0 rings (SSSR count). The zero-order chi connectivity index (χ0) is 9.28. The topological polar surface area (TPSA) is 57.2 Å². The molecule has 5 heteroatoms. The molecule has 0 radical (unpaired) electrons. The highest BCUT2D eigenvalue weighted by molar-refractivity contribution is 7.96. The molecule has 0 aliphatic carbocycles. The minimum Gasteiger partial charge on any atom is -0.769 e. The Bertz CT molecular complexity index is 145. The Kier molecular flexibility index (Phi) is 12.1. The van der Waals surface area contributed by atoms with Crippen LogP contribution in [0.2, 0.25) is 0 Å². The molecule has 0 aromatic rings. The lowest BCUT2D eigenvalue weighted by Gasteiger charge is -1.88. The van der Waals surface area contributed by atoms with Gasteiger partial charge in [0, 0.05) is 6.42 Å². The van der Waals surface area contributed by atoms with Crippen molar-refractivity contribution in [2.24, 2.45) is 0 Å². The van der Waals surface area contributed by atoms with E-state index in [0.29, 0.717) is 6.42 Å². The van der Waals surface area contributed by atoms with Gasteiger partial charge in [-0.05, 0) is 22.9 Å². The van der Waals surface area contributed by atoms with Crippen LogP contribution in [-0.4, -0.2) is 13.9 Å². The van der Waals surface area contributed by atoms with Crippen LogP contribution in [-0.2, 0) is 15.9 Å². The third-order valence-electron chi connectivity index (χ3n) is 0.600. The first-order valence-electron chi connectivity index (χ1n) is 2.97. The van der Waals surface area contributed by atoms with E-state index in [9.17, 15) is 13.6 Å². The standard InChI is InChI=1S/C4H8OS.C2H4O2S/c1-2-3-4(5)6;1-2-5(3)4/h2-3H2,1H3,(H,5,6);2H,1H2,(H,3,4)/p-1. The predicted octanol–water partition coefficient (Wildman–Crippen LogP) is 1.25. The maximum absolute atomic E-state index is 9.91. The van der Waals surface area contributed by atoms with Crippen LogP contribution in [0.1, 0.15) is 19.8 Å². The van der Waals surface area contributed by atoms with E-state index in [-0.39, 0.29) is 5.12 Å². The van der Waals surface area contributed by atoms with E-state index >= 15 is 0 Å². The van der Waals surface area contributed by atoms with Gasteiger partial charge in [-0.15, -0.1) is 12.6 Å². The molecule has 0 aromatic heterocycles. The van der Waals surface area contributed by atoms with Crippen LogP contribution in [0.25, 0.3) is 0 Å². The summed E-state index contributed by atoms with van der Waals surface area (Å²) in [7, 11) is 0. The van der Waals surface area contributed by atoms with Crippen molar-refractivity contribution in [1.29, 1.82) is 0 Å². The zero-order valence-electron chi connectivity index (χ0n) is 6.28. The van der Waals surface area contributed by atoms with E-state index in [4.69, 9.17) is 0 Å². The average molecular weight is 195 g/mol. The second-order valence-corrected chi connectivity index (χ2v) is 2.92. The van der Waals surface area contributed by atoms with E-state index in [0.717, 1.165) is 11.8 Å². The number of rotatable bonds is 3. The Morgan fingerprint density at radius 3 is 2.18 bits per heavy atom. The summed E-state index contributed by atoms with van der Waals surface area (Å²) in [5, 5.41) is 0.817. The van der Waals surface area contributed by atoms with Crippen LogP contribution < -0.4 is 0 Å². The molecule has 0 saturated carbocycles. The Labute approximate surface area is 74.6 Å². The van der Waals surface area contributed by atoms with Crippen LogP contribution in [0.4, 0.5) is 0 Å². The third kappa shape index (κ3) is 25.8. The molecule has 0 bridgehead atoms. The highest BCUT2D eigenvalue weighted by Gasteiger charge is 1.85. The monoisotopic (exact) mass is 195 g/mol. The van der Waals surface area contributed by atoms with E-state index < -0.39 is 11.1 Å². The van der Waals surface area contributed by atoms with Crippen molar-refractivity contribution >= 4 is 28.8 Å².